The molecule has 0 saturated heterocycles. The fraction of sp³-hybridized carbons (Fsp3) is 0.136. The fourth-order valence-corrected chi connectivity index (χ4v) is 3.51. The predicted octanol–water partition coefficient (Wildman–Crippen LogP) is 3.64. The number of carbonyl (C=O) groups excluding carboxylic acids is 3. The second kappa shape index (κ2) is 6.68. The van der Waals surface area contributed by atoms with E-state index in [1.807, 2.05) is 43.3 Å². The van der Waals surface area contributed by atoms with Crippen molar-refractivity contribution in [3.05, 3.63) is 77.4 Å². The maximum Gasteiger partial charge on any atom is 0.261 e. The Morgan fingerprint density at radius 3 is 2.15 bits per heavy atom. The van der Waals surface area contributed by atoms with Gasteiger partial charge in [-0.05, 0) is 35.6 Å². The number of amides is 3. The number of carbonyl (C=O) groups is 3. The molecule has 1 N–H and O–H groups in total. The molecule has 0 saturated carbocycles. The maximum atomic E-state index is 12.8. The third kappa shape index (κ3) is 2.87. The van der Waals surface area contributed by atoms with Crippen molar-refractivity contribution in [2.24, 2.45) is 0 Å². The van der Waals surface area contributed by atoms with E-state index in [2.05, 4.69) is 5.32 Å². The Balaban J connectivity index is 1.63. The Bertz CT molecular complexity index is 1040. The predicted molar refractivity (Wildman–Crippen MR) is 104 cm³/mol. The standard InChI is InChI=1S/C22H18N2O3/c1-2-14-7-3-4-12-18(14)23-19(25)13-24-21(26)16-10-5-8-15-9-6-11-17(20(15)16)22(24)27/h3-12H,2,13H2,1H3,(H,23,25). The van der Waals surface area contributed by atoms with Gasteiger partial charge >= 0.3 is 0 Å². The number of nitrogens with one attached hydrogen (secondary N) is 1. The van der Waals surface area contributed by atoms with E-state index >= 15 is 0 Å². The highest BCUT2D eigenvalue weighted by atomic mass is 16.2. The lowest BCUT2D eigenvalue weighted by Crippen LogP contribution is -2.44. The maximum absolute atomic E-state index is 12.8. The normalized spacial score (nSPS) is 13.1. The lowest BCUT2D eigenvalue weighted by Gasteiger charge is -2.26. The minimum Gasteiger partial charge on any atom is -0.324 e. The summed E-state index contributed by atoms with van der Waals surface area (Å²) in [5, 5.41) is 4.31. The van der Waals surface area contributed by atoms with Gasteiger partial charge in [-0.2, -0.15) is 0 Å². The molecule has 0 aliphatic carbocycles. The molecule has 1 aliphatic heterocycles. The number of para-hydroxylation sites is 1. The smallest absolute Gasteiger partial charge is 0.261 e. The summed E-state index contributed by atoms with van der Waals surface area (Å²) in [5.74, 6) is -1.28. The Morgan fingerprint density at radius 1 is 0.889 bits per heavy atom. The monoisotopic (exact) mass is 358 g/mol. The number of imide groups is 1. The zero-order valence-electron chi connectivity index (χ0n) is 14.9. The van der Waals surface area contributed by atoms with Crippen molar-refractivity contribution in [3.8, 4) is 0 Å². The van der Waals surface area contributed by atoms with E-state index in [4.69, 9.17) is 0 Å². The van der Waals surface area contributed by atoms with Crippen LogP contribution in [0.4, 0.5) is 5.69 Å². The molecule has 1 aliphatic rings. The highest BCUT2D eigenvalue weighted by molar-refractivity contribution is 6.26. The molecule has 0 bridgehead atoms. The Kier molecular flexibility index (Phi) is 4.20. The molecule has 1 heterocycles. The zero-order valence-corrected chi connectivity index (χ0v) is 14.9. The van der Waals surface area contributed by atoms with Crippen molar-refractivity contribution in [2.45, 2.75) is 13.3 Å². The molecule has 27 heavy (non-hydrogen) atoms. The minimum absolute atomic E-state index is 0.319. The summed E-state index contributed by atoms with van der Waals surface area (Å²) >= 11 is 0. The van der Waals surface area contributed by atoms with Crippen LogP contribution in [0.25, 0.3) is 10.8 Å². The van der Waals surface area contributed by atoms with Crippen LogP contribution in [0.15, 0.2) is 60.7 Å². The van der Waals surface area contributed by atoms with Crippen molar-refractivity contribution < 1.29 is 14.4 Å². The van der Waals surface area contributed by atoms with Gasteiger partial charge in [0.1, 0.15) is 6.54 Å². The molecule has 3 amide bonds. The first-order valence-electron chi connectivity index (χ1n) is 8.86. The largest absolute Gasteiger partial charge is 0.324 e. The summed E-state index contributed by atoms with van der Waals surface area (Å²) in [4.78, 5) is 39.3. The quantitative estimate of drug-likeness (QED) is 0.724. The van der Waals surface area contributed by atoms with E-state index < -0.39 is 17.7 Å². The van der Waals surface area contributed by atoms with Gasteiger partial charge in [0, 0.05) is 22.2 Å². The summed E-state index contributed by atoms with van der Waals surface area (Å²) < 4.78 is 0. The molecule has 4 rings (SSSR count). The van der Waals surface area contributed by atoms with E-state index in [1.165, 1.54) is 0 Å². The molecule has 0 radical (unpaired) electrons. The van der Waals surface area contributed by atoms with Gasteiger partial charge in [0.05, 0.1) is 0 Å². The van der Waals surface area contributed by atoms with Crippen LogP contribution in [0.1, 0.15) is 33.2 Å². The molecular weight excluding hydrogens is 340 g/mol. The van der Waals surface area contributed by atoms with Crippen molar-refractivity contribution in [2.75, 3.05) is 11.9 Å². The van der Waals surface area contributed by atoms with Crippen molar-refractivity contribution in [1.29, 1.82) is 0 Å². The summed E-state index contributed by atoms with van der Waals surface area (Å²) in [5.41, 5.74) is 2.59. The van der Waals surface area contributed by atoms with Gasteiger partial charge < -0.3 is 5.32 Å². The van der Waals surface area contributed by atoms with Crippen LogP contribution in [0, 0.1) is 0 Å². The lowest BCUT2D eigenvalue weighted by atomic mass is 9.94. The zero-order chi connectivity index (χ0) is 19.0. The van der Waals surface area contributed by atoms with Crippen LogP contribution in [0.3, 0.4) is 0 Å². The molecule has 0 fully saturated rings. The van der Waals surface area contributed by atoms with Crippen LogP contribution in [0.5, 0.6) is 0 Å². The molecule has 0 aromatic heterocycles. The SMILES string of the molecule is CCc1ccccc1NC(=O)CN1C(=O)c2cccc3cccc(c23)C1=O. The summed E-state index contributed by atoms with van der Waals surface area (Å²) in [6.07, 6.45) is 0.771. The number of nitrogens with zero attached hydrogens (tertiary/aromatic N) is 1. The van der Waals surface area contributed by atoms with Crippen LogP contribution < -0.4 is 5.32 Å². The summed E-state index contributed by atoms with van der Waals surface area (Å²) in [6, 6.07) is 18.2. The van der Waals surface area contributed by atoms with E-state index in [1.54, 1.807) is 24.3 Å². The van der Waals surface area contributed by atoms with Gasteiger partial charge in [-0.25, -0.2) is 0 Å². The molecule has 0 atom stereocenters. The Morgan fingerprint density at radius 2 is 1.52 bits per heavy atom. The first-order chi connectivity index (χ1) is 13.1. The second-order valence-electron chi connectivity index (χ2n) is 6.46. The number of hydrogen-bond donors (Lipinski definition) is 1. The molecule has 3 aromatic carbocycles. The number of benzene rings is 3. The first-order valence-corrected chi connectivity index (χ1v) is 8.86. The van der Waals surface area contributed by atoms with Gasteiger partial charge in [0.2, 0.25) is 5.91 Å². The molecule has 3 aromatic rings. The third-order valence-corrected chi connectivity index (χ3v) is 4.83. The van der Waals surface area contributed by atoms with Gasteiger partial charge in [-0.1, -0.05) is 49.4 Å². The van der Waals surface area contributed by atoms with Crippen LogP contribution in [-0.4, -0.2) is 29.2 Å². The van der Waals surface area contributed by atoms with Crippen LogP contribution in [0.2, 0.25) is 0 Å². The second-order valence-corrected chi connectivity index (χ2v) is 6.46. The van der Waals surface area contributed by atoms with Gasteiger partial charge in [0.25, 0.3) is 11.8 Å². The van der Waals surface area contributed by atoms with E-state index in [0.29, 0.717) is 22.2 Å². The Hall–Kier alpha value is -3.47. The summed E-state index contributed by atoms with van der Waals surface area (Å²) in [7, 11) is 0. The van der Waals surface area contributed by atoms with Crippen LogP contribution in [-0.2, 0) is 11.2 Å². The van der Waals surface area contributed by atoms with Crippen molar-refractivity contribution in [1.82, 2.24) is 4.90 Å². The molecule has 5 heteroatoms. The number of anilines is 1. The number of aryl methyl sites for hydroxylation is 1. The van der Waals surface area contributed by atoms with E-state index in [9.17, 15) is 14.4 Å². The fourth-order valence-electron chi connectivity index (χ4n) is 3.51. The molecule has 0 unspecified atom stereocenters. The highest BCUT2D eigenvalue weighted by Gasteiger charge is 2.33. The number of hydrogen-bond acceptors (Lipinski definition) is 3. The minimum atomic E-state index is -0.441. The molecule has 5 nitrogen and oxygen atoms in total. The highest BCUT2D eigenvalue weighted by Crippen LogP contribution is 2.29. The van der Waals surface area contributed by atoms with Crippen LogP contribution >= 0.6 is 0 Å². The number of rotatable bonds is 4. The van der Waals surface area contributed by atoms with Crippen molar-refractivity contribution >= 4 is 34.2 Å². The molecule has 134 valence electrons. The van der Waals surface area contributed by atoms with E-state index in [-0.39, 0.29) is 6.54 Å². The average molecular weight is 358 g/mol. The summed E-state index contributed by atoms with van der Waals surface area (Å²) in [6.45, 7) is 1.68. The lowest BCUT2D eigenvalue weighted by molar-refractivity contribution is -0.116. The van der Waals surface area contributed by atoms with Gasteiger partial charge in [-0.3, -0.25) is 19.3 Å². The van der Waals surface area contributed by atoms with Gasteiger partial charge in [0.15, 0.2) is 0 Å². The molecular formula is C22H18N2O3. The average Bonchev–Trinajstić information content (AvgIpc) is 2.69. The first kappa shape index (κ1) is 17.0. The molecule has 0 spiro atoms. The third-order valence-electron chi connectivity index (χ3n) is 4.83. The van der Waals surface area contributed by atoms with E-state index in [0.717, 1.165) is 22.3 Å². The topological polar surface area (TPSA) is 66.5 Å². The van der Waals surface area contributed by atoms with Crippen molar-refractivity contribution in [3.63, 3.8) is 0 Å². The van der Waals surface area contributed by atoms with Gasteiger partial charge in [-0.15, -0.1) is 0 Å². The Labute approximate surface area is 156 Å².